The molecular weight excluding hydrogens is 234 g/mol. The Labute approximate surface area is 113 Å². The lowest BCUT2D eigenvalue weighted by Crippen LogP contribution is -2.13. The van der Waals surface area contributed by atoms with Crippen LogP contribution in [0, 0.1) is 5.41 Å². The van der Waals surface area contributed by atoms with E-state index in [-0.39, 0.29) is 0 Å². The van der Waals surface area contributed by atoms with Crippen LogP contribution >= 0.6 is 0 Å². The molecule has 1 unspecified atom stereocenters. The van der Waals surface area contributed by atoms with Gasteiger partial charge in [-0.25, -0.2) is 4.98 Å². The van der Waals surface area contributed by atoms with Crippen molar-refractivity contribution < 1.29 is 0 Å². The van der Waals surface area contributed by atoms with Gasteiger partial charge in [0, 0.05) is 24.2 Å². The van der Waals surface area contributed by atoms with Crippen LogP contribution in [0.15, 0.2) is 41.8 Å². The number of hydrogen-bond acceptors (Lipinski definition) is 2. The first-order valence-electron chi connectivity index (χ1n) is 6.87. The van der Waals surface area contributed by atoms with E-state index >= 15 is 0 Å². The maximum Gasteiger partial charge on any atom is 0.0956 e. The van der Waals surface area contributed by atoms with Gasteiger partial charge in [-0.2, -0.15) is 0 Å². The topological polar surface area (TPSA) is 30.2 Å². The third-order valence-electron chi connectivity index (χ3n) is 4.49. The largest absolute Gasteiger partial charge is 0.323 e. The smallest absolute Gasteiger partial charge is 0.0956 e. The van der Waals surface area contributed by atoms with Crippen LogP contribution in [0.3, 0.4) is 0 Å². The molecule has 2 heterocycles. The maximum absolute atomic E-state index is 4.32. The van der Waals surface area contributed by atoms with E-state index in [1.807, 2.05) is 19.6 Å². The zero-order valence-corrected chi connectivity index (χ0v) is 11.1. The average Bonchev–Trinajstić information content (AvgIpc) is 2.91. The molecule has 0 radical (unpaired) electrons. The van der Waals surface area contributed by atoms with Crippen LogP contribution in [0.1, 0.15) is 30.9 Å². The lowest BCUT2D eigenvalue weighted by Gasteiger charge is -2.19. The van der Waals surface area contributed by atoms with Crippen LogP contribution in [-0.2, 0) is 0 Å². The molecule has 4 rings (SSSR count). The van der Waals surface area contributed by atoms with Crippen LogP contribution in [0.25, 0.3) is 11.3 Å². The molecule has 96 valence electrons. The van der Waals surface area contributed by atoms with Gasteiger partial charge in [-0.15, -0.1) is 0 Å². The van der Waals surface area contributed by atoms with Crippen LogP contribution in [-0.4, -0.2) is 22.8 Å². The summed E-state index contributed by atoms with van der Waals surface area (Å²) in [7, 11) is 1.88. The van der Waals surface area contributed by atoms with E-state index in [0.29, 0.717) is 11.5 Å². The molecule has 0 spiro atoms. The second kappa shape index (κ2) is 3.80. The molecule has 1 aromatic heterocycles. The Bertz CT molecular complexity index is 650. The van der Waals surface area contributed by atoms with Crippen molar-refractivity contribution in [2.24, 2.45) is 10.4 Å². The average molecular weight is 251 g/mol. The minimum Gasteiger partial charge on any atom is -0.323 e. The van der Waals surface area contributed by atoms with Crippen molar-refractivity contribution in [3.63, 3.8) is 0 Å². The molecule has 1 aliphatic heterocycles. The summed E-state index contributed by atoms with van der Waals surface area (Å²) in [6.07, 6.45) is 9.79. The van der Waals surface area contributed by atoms with E-state index in [4.69, 9.17) is 0 Å². The minimum absolute atomic E-state index is 0.332. The van der Waals surface area contributed by atoms with Crippen molar-refractivity contribution in [2.45, 2.75) is 25.3 Å². The number of nitrogens with zero attached hydrogens (tertiary/aromatic N) is 3. The molecule has 1 saturated carbocycles. The summed E-state index contributed by atoms with van der Waals surface area (Å²) in [5.41, 5.74) is 4.37. The summed E-state index contributed by atoms with van der Waals surface area (Å²) in [4.78, 5) is 8.58. The van der Waals surface area contributed by atoms with Crippen molar-refractivity contribution in [3.8, 4) is 11.3 Å². The summed E-state index contributed by atoms with van der Waals surface area (Å²) in [6, 6.07) is 9.13. The lowest BCUT2D eigenvalue weighted by atomic mass is 9.92. The third-order valence-corrected chi connectivity index (χ3v) is 4.49. The number of rotatable bonds is 3. The molecule has 0 saturated heterocycles. The molecule has 1 atom stereocenters. The predicted octanol–water partition coefficient (Wildman–Crippen LogP) is 3.32. The van der Waals surface area contributed by atoms with Crippen molar-refractivity contribution in [1.29, 1.82) is 0 Å². The van der Waals surface area contributed by atoms with E-state index < -0.39 is 0 Å². The van der Waals surface area contributed by atoms with Gasteiger partial charge < -0.3 is 9.56 Å². The minimum atomic E-state index is 0.332. The highest BCUT2D eigenvalue weighted by molar-refractivity contribution is 5.72. The molecule has 0 N–H and O–H groups in total. The Morgan fingerprint density at radius 2 is 2.26 bits per heavy atom. The zero-order valence-electron chi connectivity index (χ0n) is 11.1. The fraction of sp³-hybridized carbons (Fsp3) is 0.375. The summed E-state index contributed by atoms with van der Waals surface area (Å²) in [6.45, 7) is 0. The van der Waals surface area contributed by atoms with Gasteiger partial charge in [0.15, 0.2) is 0 Å². The van der Waals surface area contributed by atoms with Gasteiger partial charge >= 0.3 is 0 Å². The Morgan fingerprint density at radius 3 is 3.05 bits per heavy atom. The van der Waals surface area contributed by atoms with Crippen molar-refractivity contribution in [1.82, 2.24) is 9.55 Å². The van der Waals surface area contributed by atoms with Crippen molar-refractivity contribution >= 4 is 6.21 Å². The molecule has 3 heteroatoms. The molecule has 1 aromatic carbocycles. The van der Waals surface area contributed by atoms with Crippen LogP contribution in [0.2, 0.25) is 0 Å². The Hall–Kier alpha value is -1.90. The van der Waals surface area contributed by atoms with Gasteiger partial charge in [-0.1, -0.05) is 24.3 Å². The van der Waals surface area contributed by atoms with Gasteiger partial charge in [0.2, 0.25) is 0 Å². The first-order chi connectivity index (χ1) is 9.33. The van der Waals surface area contributed by atoms with Crippen molar-refractivity contribution in [2.75, 3.05) is 7.05 Å². The number of aromatic nitrogens is 2. The van der Waals surface area contributed by atoms with Crippen LogP contribution in [0.5, 0.6) is 0 Å². The van der Waals surface area contributed by atoms with E-state index in [0.717, 1.165) is 6.42 Å². The SMILES string of the molecule is C/N=C\C1(CC2c3ccccc3-c3cncn32)CC1. The fourth-order valence-electron chi connectivity index (χ4n) is 3.35. The van der Waals surface area contributed by atoms with Crippen LogP contribution in [0.4, 0.5) is 0 Å². The molecule has 0 bridgehead atoms. The summed E-state index contributed by atoms with van der Waals surface area (Å²) in [5.74, 6) is 0. The van der Waals surface area contributed by atoms with E-state index in [9.17, 15) is 0 Å². The second-order valence-electron chi connectivity index (χ2n) is 5.74. The third kappa shape index (κ3) is 1.57. The number of hydrogen-bond donors (Lipinski definition) is 0. The van der Waals surface area contributed by atoms with E-state index in [2.05, 4.69) is 45.0 Å². The zero-order chi connectivity index (χ0) is 12.9. The number of benzene rings is 1. The maximum atomic E-state index is 4.32. The molecule has 1 aliphatic carbocycles. The Kier molecular flexibility index (Phi) is 2.19. The number of aliphatic imine (C=N–C) groups is 1. The highest BCUT2D eigenvalue weighted by Crippen LogP contribution is 2.53. The Morgan fingerprint density at radius 1 is 1.42 bits per heavy atom. The molecule has 2 aliphatic rings. The molecule has 2 aromatic rings. The first kappa shape index (κ1) is 11.0. The first-order valence-corrected chi connectivity index (χ1v) is 6.87. The standard InChI is InChI=1S/C16H17N3/c1-17-10-16(6-7-16)8-14-12-4-2-3-5-13(12)15-9-18-11-19(14)15/h2-5,9-11,14H,6-8H2,1H3/b17-10-. The Balaban J connectivity index is 1.77. The van der Waals surface area contributed by atoms with Gasteiger partial charge in [-0.3, -0.25) is 0 Å². The summed E-state index contributed by atoms with van der Waals surface area (Å²) in [5, 5.41) is 0. The van der Waals surface area contributed by atoms with Crippen LogP contribution < -0.4 is 0 Å². The van der Waals surface area contributed by atoms with Gasteiger partial charge in [0.25, 0.3) is 0 Å². The lowest BCUT2D eigenvalue weighted by molar-refractivity contribution is 0.484. The summed E-state index contributed by atoms with van der Waals surface area (Å²) >= 11 is 0. The number of fused-ring (bicyclic) bond motifs is 3. The fourth-order valence-corrected chi connectivity index (χ4v) is 3.35. The van der Waals surface area contributed by atoms with E-state index in [1.54, 1.807) is 0 Å². The highest BCUT2D eigenvalue weighted by Gasteiger charge is 2.45. The van der Waals surface area contributed by atoms with Gasteiger partial charge in [-0.05, 0) is 24.8 Å². The monoisotopic (exact) mass is 251 g/mol. The normalized spacial score (nSPS) is 22.5. The second-order valence-corrected chi connectivity index (χ2v) is 5.74. The van der Waals surface area contributed by atoms with Gasteiger partial charge in [0.05, 0.1) is 24.3 Å². The quantitative estimate of drug-likeness (QED) is 0.770. The predicted molar refractivity (Wildman–Crippen MR) is 76.5 cm³/mol. The molecule has 19 heavy (non-hydrogen) atoms. The summed E-state index contributed by atoms with van der Waals surface area (Å²) < 4.78 is 2.33. The van der Waals surface area contributed by atoms with Gasteiger partial charge in [0.1, 0.15) is 0 Å². The molecule has 0 amide bonds. The highest BCUT2D eigenvalue weighted by atomic mass is 15.1. The molecule has 1 fully saturated rings. The molecular formula is C16H17N3. The molecule has 3 nitrogen and oxygen atoms in total. The van der Waals surface area contributed by atoms with E-state index in [1.165, 1.54) is 29.7 Å². The number of imidazole rings is 1. The van der Waals surface area contributed by atoms with Crippen molar-refractivity contribution in [3.05, 3.63) is 42.4 Å².